The second kappa shape index (κ2) is 4.45. The molecule has 0 saturated carbocycles. The monoisotopic (exact) mass is 263 g/mol. The molecule has 0 spiro atoms. The molecule has 1 aromatic carbocycles. The lowest BCUT2D eigenvalue weighted by Gasteiger charge is -2.07. The number of hydrogen-bond donors (Lipinski definition) is 0. The molecular weight excluding hydrogens is 254 g/mol. The van der Waals surface area contributed by atoms with Crippen molar-refractivity contribution in [2.24, 2.45) is 0 Å². The van der Waals surface area contributed by atoms with Gasteiger partial charge in [-0.15, -0.1) is 0 Å². The van der Waals surface area contributed by atoms with Gasteiger partial charge in [0, 0.05) is 10.7 Å². The molecule has 0 aliphatic heterocycles. The number of aromatic nitrogens is 1. The van der Waals surface area contributed by atoms with E-state index in [1.54, 1.807) is 12.4 Å². The Morgan fingerprint density at radius 3 is 2.73 bits per heavy atom. The summed E-state index contributed by atoms with van der Waals surface area (Å²) in [5.41, 5.74) is 1.11. The molecule has 0 radical (unpaired) electrons. The Morgan fingerprint density at radius 1 is 1.20 bits per heavy atom. The summed E-state index contributed by atoms with van der Waals surface area (Å²) in [6.45, 7) is 2.01. The molecule has 0 bridgehead atoms. The molecular formula is C12H10BrNO. The SMILES string of the molecule is Cc1ccccc1Oc1cncc(Br)c1. The van der Waals surface area contributed by atoms with Crippen molar-refractivity contribution in [1.82, 2.24) is 4.98 Å². The fraction of sp³-hybridized carbons (Fsp3) is 0.0833. The van der Waals surface area contributed by atoms with Gasteiger partial charge >= 0.3 is 0 Å². The van der Waals surface area contributed by atoms with Crippen molar-refractivity contribution in [1.29, 1.82) is 0 Å². The zero-order valence-corrected chi connectivity index (χ0v) is 9.86. The third-order valence-corrected chi connectivity index (χ3v) is 2.43. The van der Waals surface area contributed by atoms with Crippen molar-refractivity contribution in [2.75, 3.05) is 0 Å². The summed E-state index contributed by atoms with van der Waals surface area (Å²) < 4.78 is 6.61. The molecule has 0 fully saturated rings. The normalized spacial score (nSPS) is 10.0. The van der Waals surface area contributed by atoms with E-state index in [4.69, 9.17) is 4.74 Å². The average molecular weight is 264 g/mol. The first-order valence-electron chi connectivity index (χ1n) is 4.60. The molecule has 76 valence electrons. The van der Waals surface area contributed by atoms with E-state index in [1.165, 1.54) is 0 Å². The highest BCUT2D eigenvalue weighted by Gasteiger charge is 2.00. The predicted octanol–water partition coefficient (Wildman–Crippen LogP) is 3.94. The number of pyridine rings is 1. The maximum atomic E-state index is 5.70. The first kappa shape index (κ1) is 10.2. The van der Waals surface area contributed by atoms with E-state index in [0.717, 1.165) is 21.5 Å². The number of para-hydroxylation sites is 1. The lowest BCUT2D eigenvalue weighted by atomic mass is 10.2. The Kier molecular flexibility index (Phi) is 3.02. The van der Waals surface area contributed by atoms with Crippen LogP contribution >= 0.6 is 15.9 Å². The van der Waals surface area contributed by atoms with Gasteiger partial charge < -0.3 is 4.74 Å². The van der Waals surface area contributed by atoms with Crippen LogP contribution in [-0.2, 0) is 0 Å². The van der Waals surface area contributed by atoms with Crippen LogP contribution < -0.4 is 4.74 Å². The Hall–Kier alpha value is -1.35. The molecule has 15 heavy (non-hydrogen) atoms. The number of aryl methyl sites for hydroxylation is 1. The molecule has 0 amide bonds. The predicted molar refractivity (Wildman–Crippen MR) is 63.2 cm³/mol. The van der Waals surface area contributed by atoms with Crippen LogP contribution in [0, 0.1) is 6.92 Å². The number of hydrogen-bond acceptors (Lipinski definition) is 2. The van der Waals surface area contributed by atoms with Gasteiger partial charge in [-0.1, -0.05) is 18.2 Å². The minimum absolute atomic E-state index is 0.735. The summed E-state index contributed by atoms with van der Waals surface area (Å²) in [5, 5.41) is 0. The zero-order chi connectivity index (χ0) is 10.7. The molecule has 1 aromatic heterocycles. The summed E-state index contributed by atoms with van der Waals surface area (Å²) in [7, 11) is 0. The Bertz CT molecular complexity index is 471. The van der Waals surface area contributed by atoms with E-state index in [1.807, 2.05) is 37.3 Å². The Morgan fingerprint density at radius 2 is 2.00 bits per heavy atom. The van der Waals surface area contributed by atoms with Gasteiger partial charge in [0.2, 0.25) is 0 Å². The second-order valence-corrected chi connectivity index (χ2v) is 4.12. The largest absolute Gasteiger partial charge is 0.455 e. The summed E-state index contributed by atoms with van der Waals surface area (Å²) in [4.78, 5) is 4.04. The van der Waals surface area contributed by atoms with E-state index in [2.05, 4.69) is 20.9 Å². The summed E-state index contributed by atoms with van der Waals surface area (Å²) in [5.74, 6) is 1.59. The van der Waals surface area contributed by atoms with Crippen LogP contribution in [0.5, 0.6) is 11.5 Å². The van der Waals surface area contributed by atoms with Crippen LogP contribution in [0.1, 0.15) is 5.56 Å². The lowest BCUT2D eigenvalue weighted by Crippen LogP contribution is -1.87. The minimum Gasteiger partial charge on any atom is -0.455 e. The molecule has 2 aromatic rings. The number of benzene rings is 1. The fourth-order valence-corrected chi connectivity index (χ4v) is 1.59. The molecule has 0 unspecified atom stereocenters. The molecule has 0 N–H and O–H groups in total. The second-order valence-electron chi connectivity index (χ2n) is 3.21. The van der Waals surface area contributed by atoms with Gasteiger partial charge in [0.25, 0.3) is 0 Å². The van der Waals surface area contributed by atoms with E-state index in [-0.39, 0.29) is 0 Å². The van der Waals surface area contributed by atoms with Crippen LogP contribution in [0.3, 0.4) is 0 Å². The van der Waals surface area contributed by atoms with Crippen LogP contribution in [0.25, 0.3) is 0 Å². The number of ether oxygens (including phenoxy) is 1. The van der Waals surface area contributed by atoms with Gasteiger partial charge in [0.15, 0.2) is 0 Å². The van der Waals surface area contributed by atoms with Gasteiger partial charge in [-0.05, 0) is 40.5 Å². The maximum absolute atomic E-state index is 5.70. The molecule has 0 aliphatic carbocycles. The number of nitrogens with zero attached hydrogens (tertiary/aromatic N) is 1. The van der Waals surface area contributed by atoms with Gasteiger partial charge in [-0.25, -0.2) is 0 Å². The van der Waals surface area contributed by atoms with Gasteiger partial charge in [0.05, 0.1) is 6.20 Å². The van der Waals surface area contributed by atoms with Gasteiger partial charge in [0.1, 0.15) is 11.5 Å². The first-order valence-corrected chi connectivity index (χ1v) is 5.39. The third kappa shape index (κ3) is 2.57. The van der Waals surface area contributed by atoms with E-state index in [0.29, 0.717) is 0 Å². The lowest BCUT2D eigenvalue weighted by molar-refractivity contribution is 0.476. The Balaban J connectivity index is 2.26. The van der Waals surface area contributed by atoms with Crippen LogP contribution in [0.15, 0.2) is 47.2 Å². The third-order valence-electron chi connectivity index (χ3n) is 2.00. The molecule has 0 saturated heterocycles. The molecule has 3 heteroatoms. The zero-order valence-electron chi connectivity index (χ0n) is 8.27. The quantitative estimate of drug-likeness (QED) is 0.819. The van der Waals surface area contributed by atoms with Crippen molar-refractivity contribution in [3.8, 4) is 11.5 Å². The smallest absolute Gasteiger partial charge is 0.146 e. The van der Waals surface area contributed by atoms with Crippen LogP contribution in [0.2, 0.25) is 0 Å². The Labute approximate surface area is 97.1 Å². The first-order chi connectivity index (χ1) is 7.25. The highest BCUT2D eigenvalue weighted by molar-refractivity contribution is 9.10. The van der Waals surface area contributed by atoms with Crippen molar-refractivity contribution in [3.63, 3.8) is 0 Å². The van der Waals surface area contributed by atoms with E-state index < -0.39 is 0 Å². The van der Waals surface area contributed by atoms with Crippen LogP contribution in [-0.4, -0.2) is 4.98 Å². The fourth-order valence-electron chi connectivity index (χ4n) is 1.25. The standard InChI is InChI=1S/C12H10BrNO/c1-9-4-2-3-5-12(9)15-11-6-10(13)7-14-8-11/h2-8H,1H3. The minimum atomic E-state index is 0.735. The van der Waals surface area contributed by atoms with E-state index >= 15 is 0 Å². The van der Waals surface area contributed by atoms with E-state index in [9.17, 15) is 0 Å². The summed E-state index contributed by atoms with van der Waals surface area (Å²) >= 11 is 3.35. The highest BCUT2D eigenvalue weighted by Crippen LogP contribution is 2.25. The summed E-state index contributed by atoms with van der Waals surface area (Å²) in [6.07, 6.45) is 3.42. The molecule has 1 heterocycles. The number of halogens is 1. The van der Waals surface area contributed by atoms with Crippen LogP contribution in [0.4, 0.5) is 0 Å². The highest BCUT2D eigenvalue weighted by atomic mass is 79.9. The number of rotatable bonds is 2. The molecule has 0 atom stereocenters. The topological polar surface area (TPSA) is 22.1 Å². The van der Waals surface area contributed by atoms with Gasteiger partial charge in [-0.2, -0.15) is 0 Å². The molecule has 2 rings (SSSR count). The van der Waals surface area contributed by atoms with Gasteiger partial charge in [-0.3, -0.25) is 4.98 Å². The van der Waals surface area contributed by atoms with Crippen molar-refractivity contribution in [3.05, 3.63) is 52.8 Å². The maximum Gasteiger partial charge on any atom is 0.146 e. The van der Waals surface area contributed by atoms with Crippen molar-refractivity contribution >= 4 is 15.9 Å². The van der Waals surface area contributed by atoms with Crippen molar-refractivity contribution in [2.45, 2.75) is 6.92 Å². The van der Waals surface area contributed by atoms with Crippen molar-refractivity contribution < 1.29 is 4.74 Å². The molecule has 0 aliphatic rings. The molecule has 2 nitrogen and oxygen atoms in total. The average Bonchev–Trinajstić information content (AvgIpc) is 2.22. The summed E-state index contributed by atoms with van der Waals surface area (Å²) in [6, 6.07) is 9.78.